The lowest BCUT2D eigenvalue weighted by molar-refractivity contribution is 0.111. The Hall–Kier alpha value is -3.25. The number of benzene rings is 2. The van der Waals surface area contributed by atoms with Crippen molar-refractivity contribution in [1.29, 1.82) is 0 Å². The molecule has 0 saturated heterocycles. The standard InChI is InChI=1S/C12H14N2S.C10H8N2O/c1-9-4-3-5-10(6-9)7-11-8-14-12(13-2)15-11;13-8-9-6-7-12(11-9)10-4-2-1-3-5-10/h3-6,8H,7H2,1-2H3,(H,13,14);1-8H. The minimum Gasteiger partial charge on any atom is -0.365 e. The molecule has 0 atom stereocenters. The molecule has 0 spiro atoms. The number of carbonyl (C=O) groups excluding carboxylic acids is 1. The van der Waals surface area contributed by atoms with Gasteiger partial charge in [0, 0.05) is 30.7 Å². The number of carbonyl (C=O) groups is 1. The largest absolute Gasteiger partial charge is 0.365 e. The van der Waals surface area contributed by atoms with E-state index in [2.05, 4.69) is 46.6 Å². The van der Waals surface area contributed by atoms with Gasteiger partial charge in [-0.3, -0.25) is 4.79 Å². The van der Waals surface area contributed by atoms with Crippen LogP contribution in [0.4, 0.5) is 5.13 Å². The zero-order chi connectivity index (χ0) is 19.8. The van der Waals surface area contributed by atoms with E-state index in [0.717, 1.165) is 23.5 Å². The number of nitrogens with zero attached hydrogens (tertiary/aromatic N) is 3. The molecule has 5 nitrogen and oxygen atoms in total. The molecule has 0 amide bonds. The van der Waals surface area contributed by atoms with Gasteiger partial charge in [-0.25, -0.2) is 9.67 Å². The smallest absolute Gasteiger partial charge is 0.182 e. The molecule has 0 saturated carbocycles. The summed E-state index contributed by atoms with van der Waals surface area (Å²) in [6.07, 6.45) is 5.42. The van der Waals surface area contributed by atoms with Crippen LogP contribution in [0, 0.1) is 6.92 Å². The highest BCUT2D eigenvalue weighted by Crippen LogP contribution is 2.20. The van der Waals surface area contributed by atoms with Crippen LogP contribution in [0.1, 0.15) is 26.5 Å². The molecule has 0 aliphatic carbocycles. The van der Waals surface area contributed by atoms with Crippen molar-refractivity contribution in [3.63, 3.8) is 0 Å². The number of rotatable bonds is 5. The van der Waals surface area contributed by atoms with Gasteiger partial charge in [0.25, 0.3) is 0 Å². The molecule has 0 aliphatic heterocycles. The predicted octanol–water partition coefficient (Wildman–Crippen LogP) is 4.77. The van der Waals surface area contributed by atoms with E-state index < -0.39 is 0 Å². The normalized spacial score (nSPS) is 10.1. The Kier molecular flexibility index (Phi) is 6.70. The molecule has 0 fully saturated rings. The molecular formula is C22H22N4OS. The maximum Gasteiger partial charge on any atom is 0.182 e. The summed E-state index contributed by atoms with van der Waals surface area (Å²) in [7, 11) is 1.90. The second kappa shape index (κ2) is 9.62. The van der Waals surface area contributed by atoms with E-state index in [1.54, 1.807) is 28.3 Å². The van der Waals surface area contributed by atoms with Gasteiger partial charge in [-0.15, -0.1) is 11.3 Å². The molecule has 0 unspecified atom stereocenters. The van der Waals surface area contributed by atoms with Gasteiger partial charge < -0.3 is 5.32 Å². The summed E-state index contributed by atoms with van der Waals surface area (Å²) in [5.74, 6) is 0. The van der Waals surface area contributed by atoms with E-state index in [9.17, 15) is 4.79 Å². The molecule has 2 aromatic carbocycles. The lowest BCUT2D eigenvalue weighted by Gasteiger charge is -1.99. The maximum atomic E-state index is 10.4. The maximum absolute atomic E-state index is 10.4. The highest BCUT2D eigenvalue weighted by molar-refractivity contribution is 7.15. The van der Waals surface area contributed by atoms with Gasteiger partial charge in [0.1, 0.15) is 5.69 Å². The van der Waals surface area contributed by atoms with Crippen molar-refractivity contribution >= 4 is 22.8 Å². The highest BCUT2D eigenvalue weighted by Gasteiger charge is 2.01. The second-order valence-corrected chi connectivity index (χ2v) is 7.30. The molecule has 1 N–H and O–H groups in total. The number of hydrogen-bond donors (Lipinski definition) is 1. The van der Waals surface area contributed by atoms with E-state index >= 15 is 0 Å². The average Bonchev–Trinajstić information content (AvgIpc) is 3.38. The van der Waals surface area contributed by atoms with Crippen molar-refractivity contribution < 1.29 is 4.79 Å². The minimum absolute atomic E-state index is 0.448. The Morgan fingerprint density at radius 1 is 1.11 bits per heavy atom. The number of thiazole rings is 1. The summed E-state index contributed by atoms with van der Waals surface area (Å²) in [6, 6.07) is 19.9. The van der Waals surface area contributed by atoms with Crippen molar-refractivity contribution in [3.05, 3.63) is 94.8 Å². The van der Waals surface area contributed by atoms with Gasteiger partial charge in [-0.05, 0) is 30.7 Å². The lowest BCUT2D eigenvalue weighted by Crippen LogP contribution is -1.94. The van der Waals surface area contributed by atoms with Crippen LogP contribution in [0.15, 0.2) is 73.1 Å². The van der Waals surface area contributed by atoms with Gasteiger partial charge in [0.2, 0.25) is 0 Å². The van der Waals surface area contributed by atoms with Crippen LogP contribution in [-0.2, 0) is 6.42 Å². The van der Waals surface area contributed by atoms with E-state index in [-0.39, 0.29) is 0 Å². The van der Waals surface area contributed by atoms with Crippen molar-refractivity contribution in [2.24, 2.45) is 0 Å². The Bertz CT molecular complexity index is 1020. The monoisotopic (exact) mass is 390 g/mol. The lowest BCUT2D eigenvalue weighted by atomic mass is 10.1. The van der Waals surface area contributed by atoms with Crippen LogP contribution >= 0.6 is 11.3 Å². The third-order valence-electron chi connectivity index (χ3n) is 3.98. The molecule has 6 heteroatoms. The summed E-state index contributed by atoms with van der Waals surface area (Å²) < 4.78 is 1.67. The van der Waals surface area contributed by atoms with Crippen LogP contribution in [-0.4, -0.2) is 28.1 Å². The number of para-hydroxylation sites is 1. The summed E-state index contributed by atoms with van der Waals surface area (Å²) >= 11 is 1.71. The number of nitrogens with one attached hydrogen (secondary N) is 1. The molecule has 142 valence electrons. The number of anilines is 1. The Morgan fingerprint density at radius 3 is 2.57 bits per heavy atom. The SMILES string of the molecule is CNc1ncc(Cc2cccc(C)c2)s1.O=Cc1ccn(-c2ccccc2)n1. The first-order chi connectivity index (χ1) is 13.7. The predicted molar refractivity (Wildman–Crippen MR) is 115 cm³/mol. The van der Waals surface area contributed by atoms with Gasteiger partial charge in [0.15, 0.2) is 11.4 Å². The number of aryl methyl sites for hydroxylation is 1. The summed E-state index contributed by atoms with van der Waals surface area (Å²) in [5, 5.41) is 8.08. The van der Waals surface area contributed by atoms with Gasteiger partial charge >= 0.3 is 0 Å². The van der Waals surface area contributed by atoms with Crippen molar-refractivity contribution in [1.82, 2.24) is 14.8 Å². The van der Waals surface area contributed by atoms with Crippen molar-refractivity contribution in [3.8, 4) is 5.69 Å². The van der Waals surface area contributed by atoms with E-state index in [1.807, 2.05) is 43.6 Å². The van der Waals surface area contributed by atoms with Gasteiger partial charge in [0.05, 0.1) is 5.69 Å². The van der Waals surface area contributed by atoms with Crippen molar-refractivity contribution in [2.75, 3.05) is 12.4 Å². The number of aromatic nitrogens is 3. The van der Waals surface area contributed by atoms with E-state index in [0.29, 0.717) is 5.69 Å². The third-order valence-corrected chi connectivity index (χ3v) is 4.99. The highest BCUT2D eigenvalue weighted by atomic mass is 32.1. The second-order valence-electron chi connectivity index (χ2n) is 6.19. The number of aldehydes is 1. The fourth-order valence-corrected chi connectivity index (χ4v) is 3.45. The summed E-state index contributed by atoms with van der Waals surface area (Å²) in [6.45, 7) is 2.12. The zero-order valence-corrected chi connectivity index (χ0v) is 16.7. The molecule has 4 aromatic rings. The van der Waals surface area contributed by atoms with E-state index in [1.165, 1.54) is 16.0 Å². The fourth-order valence-electron chi connectivity index (χ4n) is 2.65. The minimum atomic E-state index is 0.448. The molecule has 0 radical (unpaired) electrons. The summed E-state index contributed by atoms with van der Waals surface area (Å²) in [4.78, 5) is 15.9. The quantitative estimate of drug-likeness (QED) is 0.499. The molecule has 0 bridgehead atoms. The van der Waals surface area contributed by atoms with Crippen LogP contribution in [0.2, 0.25) is 0 Å². The average molecular weight is 391 g/mol. The molecule has 2 heterocycles. The molecule has 2 aromatic heterocycles. The van der Waals surface area contributed by atoms with Crippen LogP contribution in [0.3, 0.4) is 0 Å². The molecule has 28 heavy (non-hydrogen) atoms. The number of hydrogen-bond acceptors (Lipinski definition) is 5. The van der Waals surface area contributed by atoms with Crippen LogP contribution in [0.5, 0.6) is 0 Å². The van der Waals surface area contributed by atoms with Crippen LogP contribution < -0.4 is 5.32 Å². The third kappa shape index (κ3) is 5.37. The van der Waals surface area contributed by atoms with Crippen molar-refractivity contribution in [2.45, 2.75) is 13.3 Å². The fraction of sp³-hybridized carbons (Fsp3) is 0.136. The first-order valence-corrected chi connectivity index (χ1v) is 9.74. The molecule has 4 rings (SSSR count). The van der Waals surface area contributed by atoms with Gasteiger partial charge in [-0.2, -0.15) is 5.10 Å². The first kappa shape index (κ1) is 19.5. The topological polar surface area (TPSA) is 59.8 Å². The van der Waals surface area contributed by atoms with E-state index in [4.69, 9.17) is 0 Å². The Morgan fingerprint density at radius 2 is 1.93 bits per heavy atom. The zero-order valence-electron chi connectivity index (χ0n) is 15.9. The first-order valence-electron chi connectivity index (χ1n) is 8.92. The summed E-state index contributed by atoms with van der Waals surface area (Å²) in [5.41, 5.74) is 4.06. The molecule has 0 aliphatic rings. The van der Waals surface area contributed by atoms with Gasteiger partial charge in [-0.1, -0.05) is 48.0 Å². The Balaban J connectivity index is 0.000000162. The van der Waals surface area contributed by atoms with Crippen LogP contribution in [0.25, 0.3) is 5.69 Å². The Labute approximate surface area is 168 Å². The molecular weight excluding hydrogens is 368 g/mol.